The largest absolute Gasteiger partial charge is 0.307 e. The summed E-state index contributed by atoms with van der Waals surface area (Å²) in [7, 11) is 0. The van der Waals surface area contributed by atoms with E-state index < -0.39 is 0 Å². The van der Waals surface area contributed by atoms with Gasteiger partial charge < -0.3 is 10.2 Å². The van der Waals surface area contributed by atoms with Gasteiger partial charge in [-0.05, 0) is 11.6 Å². The predicted molar refractivity (Wildman–Crippen MR) is 99.3 cm³/mol. The minimum absolute atomic E-state index is 0.164. The highest BCUT2D eigenvalue weighted by atomic mass is 32.2. The van der Waals surface area contributed by atoms with Gasteiger partial charge in [-0.2, -0.15) is 0 Å². The molecule has 1 N–H and O–H groups in total. The number of hydrogen-bond acceptors (Lipinski definition) is 4. The summed E-state index contributed by atoms with van der Waals surface area (Å²) in [5.41, 5.74) is 3.07. The van der Waals surface area contributed by atoms with Crippen molar-refractivity contribution in [3.63, 3.8) is 0 Å². The number of rotatable bonds is 2. The quantitative estimate of drug-likeness (QED) is 0.667. The first kappa shape index (κ1) is 15.1. The minimum Gasteiger partial charge on any atom is -0.307 e. The zero-order chi connectivity index (χ0) is 16.7. The number of benzene rings is 2. The smallest absolute Gasteiger partial charge is 0.264 e. The van der Waals surface area contributed by atoms with Crippen LogP contribution in [0.5, 0.6) is 0 Å². The second kappa shape index (κ2) is 5.89. The predicted octanol–water partition coefficient (Wildman–Crippen LogP) is 3.09. The Bertz CT molecular complexity index is 906. The molecule has 0 radical (unpaired) electrons. The van der Waals surface area contributed by atoms with Gasteiger partial charge in [0.25, 0.3) is 11.8 Å². The normalized spacial score (nSPS) is 19.7. The molecule has 2 heterocycles. The van der Waals surface area contributed by atoms with E-state index in [2.05, 4.69) is 5.32 Å². The minimum atomic E-state index is -0.301. The lowest BCUT2D eigenvalue weighted by molar-refractivity contribution is -0.116. The summed E-state index contributed by atoms with van der Waals surface area (Å²) in [4.78, 5) is 27.3. The van der Waals surface area contributed by atoms with Gasteiger partial charge in [-0.15, -0.1) is 0 Å². The van der Waals surface area contributed by atoms with Crippen molar-refractivity contribution in [2.24, 2.45) is 0 Å². The van der Waals surface area contributed by atoms with Crippen LogP contribution in [0.2, 0.25) is 0 Å². The lowest BCUT2D eigenvalue weighted by Gasteiger charge is -2.17. The van der Waals surface area contributed by atoms with E-state index in [4.69, 9.17) is 12.2 Å². The molecule has 0 aromatic heterocycles. The summed E-state index contributed by atoms with van der Waals surface area (Å²) in [5, 5.41) is 2.59. The van der Waals surface area contributed by atoms with Crippen LogP contribution in [-0.4, -0.2) is 16.1 Å². The molecule has 2 aliphatic heterocycles. The maximum absolute atomic E-state index is 13.0. The van der Waals surface area contributed by atoms with E-state index in [-0.39, 0.29) is 11.8 Å². The van der Waals surface area contributed by atoms with Gasteiger partial charge >= 0.3 is 0 Å². The number of thiocarbonyl (C=S) groups is 1. The summed E-state index contributed by atoms with van der Waals surface area (Å²) in [6, 6.07) is 17.3. The van der Waals surface area contributed by atoms with Crippen molar-refractivity contribution in [2.75, 3.05) is 4.90 Å². The highest BCUT2D eigenvalue weighted by molar-refractivity contribution is 8.27. The topological polar surface area (TPSA) is 49.4 Å². The van der Waals surface area contributed by atoms with Gasteiger partial charge in [0, 0.05) is 5.56 Å². The average molecular weight is 352 g/mol. The molecule has 0 bridgehead atoms. The molecule has 1 fully saturated rings. The monoisotopic (exact) mass is 352 g/mol. The Morgan fingerprint density at radius 3 is 2.42 bits per heavy atom. The lowest BCUT2D eigenvalue weighted by Crippen LogP contribution is -2.26. The molecule has 0 atom stereocenters. The summed E-state index contributed by atoms with van der Waals surface area (Å²) in [5.74, 6) is -0.466. The van der Waals surface area contributed by atoms with Crippen LogP contribution >= 0.6 is 24.0 Å². The molecule has 2 aromatic rings. The number of carbonyl (C=O) groups is 2. The van der Waals surface area contributed by atoms with Gasteiger partial charge in [0.15, 0.2) is 0 Å². The van der Waals surface area contributed by atoms with Gasteiger partial charge in [0.2, 0.25) is 0 Å². The molecule has 1 saturated heterocycles. The van der Waals surface area contributed by atoms with E-state index in [0.29, 0.717) is 21.3 Å². The van der Waals surface area contributed by atoms with E-state index >= 15 is 0 Å². The zero-order valence-electron chi connectivity index (χ0n) is 12.5. The average Bonchev–Trinajstić information content (AvgIpc) is 3.05. The molecule has 118 valence electrons. The third kappa shape index (κ3) is 2.44. The SMILES string of the molecule is O=C1NC(=S)S/C1=C1\C(=O)N(Cc2ccccc2)c2ccccc21. The molecule has 2 amide bonds. The van der Waals surface area contributed by atoms with Crippen LogP contribution in [0.4, 0.5) is 5.69 Å². The zero-order valence-corrected chi connectivity index (χ0v) is 14.1. The summed E-state index contributed by atoms with van der Waals surface area (Å²) in [6.45, 7) is 0.462. The molecule has 0 spiro atoms. The fraction of sp³-hybridized carbons (Fsp3) is 0.0556. The van der Waals surface area contributed by atoms with Gasteiger partial charge in [0.1, 0.15) is 4.32 Å². The van der Waals surface area contributed by atoms with E-state index in [9.17, 15) is 9.59 Å². The van der Waals surface area contributed by atoms with E-state index in [1.807, 2.05) is 54.6 Å². The number of hydrogen-bond donors (Lipinski definition) is 1. The van der Waals surface area contributed by atoms with Crippen molar-refractivity contribution in [3.8, 4) is 0 Å². The van der Waals surface area contributed by atoms with Crippen molar-refractivity contribution >= 4 is 51.4 Å². The van der Waals surface area contributed by atoms with Crippen LogP contribution in [-0.2, 0) is 16.1 Å². The number of carbonyl (C=O) groups excluding carboxylic acids is 2. The molecule has 0 aliphatic carbocycles. The first-order chi connectivity index (χ1) is 11.6. The number of thioether (sulfide) groups is 1. The maximum Gasteiger partial charge on any atom is 0.264 e. The molecule has 2 aromatic carbocycles. The van der Waals surface area contributed by atoms with Crippen molar-refractivity contribution in [1.29, 1.82) is 0 Å². The maximum atomic E-state index is 13.0. The first-order valence-electron chi connectivity index (χ1n) is 7.38. The number of nitrogens with one attached hydrogen (secondary N) is 1. The number of nitrogens with zero attached hydrogens (tertiary/aromatic N) is 1. The molecular weight excluding hydrogens is 340 g/mol. The summed E-state index contributed by atoms with van der Waals surface area (Å²) in [6.07, 6.45) is 0. The third-order valence-electron chi connectivity index (χ3n) is 3.95. The number of fused-ring (bicyclic) bond motifs is 1. The Morgan fingerprint density at radius 1 is 1.00 bits per heavy atom. The highest BCUT2D eigenvalue weighted by Gasteiger charge is 2.38. The molecule has 6 heteroatoms. The van der Waals surface area contributed by atoms with Gasteiger partial charge in [-0.1, -0.05) is 72.5 Å². The van der Waals surface area contributed by atoms with Gasteiger partial charge in [-0.25, -0.2) is 0 Å². The van der Waals surface area contributed by atoms with Crippen LogP contribution in [0, 0.1) is 0 Å². The number of amides is 2. The third-order valence-corrected chi connectivity index (χ3v) is 5.18. The van der Waals surface area contributed by atoms with Crippen LogP contribution in [0.15, 0.2) is 59.5 Å². The number of anilines is 1. The van der Waals surface area contributed by atoms with Crippen LogP contribution in [0.1, 0.15) is 11.1 Å². The van der Waals surface area contributed by atoms with Crippen LogP contribution in [0.25, 0.3) is 5.57 Å². The Kier molecular flexibility index (Phi) is 3.70. The molecule has 4 rings (SSSR count). The Balaban J connectivity index is 1.82. The Hall–Kier alpha value is -2.44. The van der Waals surface area contributed by atoms with Crippen molar-refractivity contribution in [2.45, 2.75) is 6.54 Å². The second-order valence-electron chi connectivity index (χ2n) is 5.44. The Morgan fingerprint density at radius 2 is 1.71 bits per heavy atom. The standard InChI is InChI=1S/C18H12N2O2S2/c21-16-15(24-18(23)19-16)14-12-8-4-5-9-13(12)20(17(14)22)10-11-6-2-1-3-7-11/h1-9H,10H2,(H,19,21,23)/b15-14-. The lowest BCUT2D eigenvalue weighted by atomic mass is 10.1. The first-order valence-corrected chi connectivity index (χ1v) is 8.60. The van der Waals surface area contributed by atoms with E-state index in [1.165, 1.54) is 0 Å². The van der Waals surface area contributed by atoms with Crippen LogP contribution < -0.4 is 10.2 Å². The fourth-order valence-corrected chi connectivity index (χ4v) is 4.02. The van der Waals surface area contributed by atoms with Crippen molar-refractivity contribution in [1.82, 2.24) is 5.32 Å². The van der Waals surface area contributed by atoms with E-state index in [1.54, 1.807) is 4.90 Å². The van der Waals surface area contributed by atoms with Crippen LogP contribution in [0.3, 0.4) is 0 Å². The molecule has 2 aliphatic rings. The fourth-order valence-electron chi connectivity index (χ4n) is 2.90. The number of para-hydroxylation sites is 1. The molecule has 0 saturated carbocycles. The highest BCUT2D eigenvalue weighted by Crippen LogP contribution is 2.43. The van der Waals surface area contributed by atoms with Gasteiger partial charge in [0.05, 0.1) is 22.7 Å². The Labute approximate surface area is 148 Å². The summed E-state index contributed by atoms with van der Waals surface area (Å²) >= 11 is 6.20. The van der Waals surface area contributed by atoms with E-state index in [0.717, 1.165) is 28.6 Å². The van der Waals surface area contributed by atoms with Crippen molar-refractivity contribution in [3.05, 3.63) is 70.6 Å². The van der Waals surface area contributed by atoms with Crippen molar-refractivity contribution < 1.29 is 9.59 Å². The summed E-state index contributed by atoms with van der Waals surface area (Å²) < 4.78 is 0.384. The molecule has 4 nitrogen and oxygen atoms in total. The molecule has 0 unspecified atom stereocenters. The molecular formula is C18H12N2O2S2. The van der Waals surface area contributed by atoms with Gasteiger partial charge in [-0.3, -0.25) is 9.59 Å². The molecule has 24 heavy (non-hydrogen) atoms. The second-order valence-corrected chi connectivity index (χ2v) is 7.13.